The summed E-state index contributed by atoms with van der Waals surface area (Å²) in [7, 11) is -3.66. The minimum absolute atomic E-state index is 0.0948. The topological polar surface area (TPSA) is 73.0 Å². The van der Waals surface area contributed by atoms with E-state index in [-0.39, 0.29) is 11.9 Å². The highest BCUT2D eigenvalue weighted by Gasteiger charge is 2.33. The zero-order valence-corrected chi connectivity index (χ0v) is 21.2. The molecule has 0 saturated carbocycles. The van der Waals surface area contributed by atoms with E-state index < -0.39 is 10.0 Å². The zero-order chi connectivity index (χ0) is 24.3. The number of nitrogens with one attached hydrogen (secondary N) is 1. The van der Waals surface area contributed by atoms with E-state index in [9.17, 15) is 13.2 Å². The van der Waals surface area contributed by atoms with Gasteiger partial charge >= 0.3 is 0 Å². The molecule has 3 aliphatic heterocycles. The van der Waals surface area contributed by atoms with Crippen molar-refractivity contribution < 1.29 is 13.2 Å². The maximum Gasteiger partial charge on any atom is 0.253 e. The lowest BCUT2D eigenvalue weighted by Gasteiger charge is -2.33. The fraction of sp³-hybridized carbons (Fsp3) is 0.519. The fourth-order valence-electron chi connectivity index (χ4n) is 5.51. The molecule has 3 fully saturated rings. The number of amides is 1. The molecule has 3 heterocycles. The van der Waals surface area contributed by atoms with Crippen LogP contribution in [0.1, 0.15) is 55.3 Å². The van der Waals surface area contributed by atoms with Gasteiger partial charge in [0.15, 0.2) is 0 Å². The number of rotatable bonds is 6. The van der Waals surface area contributed by atoms with Gasteiger partial charge in [-0.15, -0.1) is 0 Å². The lowest BCUT2D eigenvalue weighted by atomic mass is 10.1. The summed E-state index contributed by atoms with van der Waals surface area (Å²) in [5.74, 6) is -0.0948. The van der Waals surface area contributed by atoms with Crippen LogP contribution >= 0.6 is 0 Å². The van der Waals surface area contributed by atoms with E-state index in [1.807, 2.05) is 47.4 Å². The molecule has 1 N–H and O–H groups in total. The molecule has 7 nitrogen and oxygen atoms in total. The van der Waals surface area contributed by atoms with Crippen LogP contribution in [0, 0.1) is 0 Å². The summed E-state index contributed by atoms with van der Waals surface area (Å²) >= 11 is 0. The highest BCUT2D eigenvalue weighted by atomic mass is 32.2. The van der Waals surface area contributed by atoms with Crippen molar-refractivity contribution in [1.29, 1.82) is 0 Å². The van der Waals surface area contributed by atoms with Gasteiger partial charge in [0.2, 0.25) is 10.0 Å². The number of carbonyl (C=O) groups is 1. The average molecular weight is 497 g/mol. The number of likely N-dealkylation sites (tertiary alicyclic amines) is 1. The van der Waals surface area contributed by atoms with Crippen LogP contribution in [-0.4, -0.2) is 68.8 Å². The van der Waals surface area contributed by atoms with Gasteiger partial charge in [-0.25, -0.2) is 8.42 Å². The van der Waals surface area contributed by atoms with Gasteiger partial charge in [0.05, 0.1) is 5.69 Å². The third-order valence-corrected chi connectivity index (χ3v) is 9.38. The number of piperidine rings is 2. The predicted molar refractivity (Wildman–Crippen MR) is 139 cm³/mol. The van der Waals surface area contributed by atoms with E-state index >= 15 is 0 Å². The number of benzene rings is 2. The molecule has 1 amide bonds. The van der Waals surface area contributed by atoms with Gasteiger partial charge in [-0.2, -0.15) is 4.31 Å². The van der Waals surface area contributed by atoms with Crippen LogP contribution in [0.15, 0.2) is 53.4 Å². The first-order chi connectivity index (χ1) is 17.0. The maximum absolute atomic E-state index is 13.8. The smallest absolute Gasteiger partial charge is 0.253 e. The number of hydrogen-bond donors (Lipinski definition) is 1. The van der Waals surface area contributed by atoms with Crippen LogP contribution < -0.4 is 10.2 Å². The van der Waals surface area contributed by atoms with E-state index in [0.717, 1.165) is 63.0 Å². The van der Waals surface area contributed by atoms with Gasteiger partial charge in [0, 0.05) is 56.6 Å². The summed E-state index contributed by atoms with van der Waals surface area (Å²) in [4.78, 5) is 17.8. The van der Waals surface area contributed by atoms with Gasteiger partial charge in [0.1, 0.15) is 4.90 Å². The number of sulfonamides is 1. The van der Waals surface area contributed by atoms with Crippen molar-refractivity contribution in [3.05, 3.63) is 54.1 Å². The molecule has 3 aliphatic rings. The first-order valence-corrected chi connectivity index (χ1v) is 14.5. The summed E-state index contributed by atoms with van der Waals surface area (Å²) in [6, 6.07) is 15.6. The van der Waals surface area contributed by atoms with Crippen molar-refractivity contribution in [3.63, 3.8) is 0 Å². The van der Waals surface area contributed by atoms with Crippen LogP contribution in [0.4, 0.5) is 11.4 Å². The number of anilines is 2. The normalized spacial score (nSPS) is 21.8. The summed E-state index contributed by atoms with van der Waals surface area (Å²) < 4.78 is 29.1. The standard InChI is InChI=1S/C27H36N4O3S/c32-27(30-19-14-24(21-30)28-23-10-4-1-5-11-23)22-12-13-25(29-15-6-2-7-16-29)26(20-22)35(33,34)31-17-8-3-9-18-31/h1,4-5,10-13,20,24,28H,2-3,6-9,14-19,21H2. The molecule has 2 aromatic rings. The van der Waals surface area contributed by atoms with Crippen LogP contribution in [0.5, 0.6) is 0 Å². The third kappa shape index (κ3) is 5.33. The SMILES string of the molecule is O=C(c1ccc(N2CCCCC2)c(S(=O)(=O)N2CCCCC2)c1)N1CCC(Nc2ccccc2)C1. The summed E-state index contributed by atoms with van der Waals surface area (Å²) in [5, 5.41) is 3.50. The molecule has 5 rings (SSSR count). The largest absolute Gasteiger partial charge is 0.380 e. The quantitative estimate of drug-likeness (QED) is 0.650. The van der Waals surface area contributed by atoms with Crippen molar-refractivity contribution in [2.24, 2.45) is 0 Å². The van der Waals surface area contributed by atoms with Gasteiger partial charge in [-0.05, 0) is 68.9 Å². The molecule has 8 heteroatoms. The minimum atomic E-state index is -3.66. The Morgan fingerprint density at radius 2 is 1.51 bits per heavy atom. The van der Waals surface area contributed by atoms with Gasteiger partial charge in [-0.3, -0.25) is 4.79 Å². The Morgan fingerprint density at radius 3 is 2.23 bits per heavy atom. The Bertz CT molecular complexity index is 1130. The van der Waals surface area contributed by atoms with Crippen LogP contribution in [0.3, 0.4) is 0 Å². The molecule has 2 aromatic carbocycles. The second-order valence-electron chi connectivity index (χ2n) is 9.94. The first-order valence-electron chi connectivity index (χ1n) is 13.0. The van der Waals surface area contributed by atoms with Gasteiger partial charge in [0.25, 0.3) is 5.91 Å². The Hall–Kier alpha value is -2.58. The third-order valence-electron chi connectivity index (χ3n) is 7.46. The Kier molecular flexibility index (Phi) is 7.29. The van der Waals surface area contributed by atoms with Crippen LogP contribution in [0.2, 0.25) is 0 Å². The number of para-hydroxylation sites is 1. The van der Waals surface area contributed by atoms with Crippen LogP contribution in [-0.2, 0) is 10.0 Å². The Morgan fingerprint density at radius 1 is 0.829 bits per heavy atom. The van der Waals surface area contributed by atoms with Crippen molar-refractivity contribution >= 4 is 27.3 Å². The van der Waals surface area contributed by atoms with E-state index in [1.54, 1.807) is 10.4 Å². The summed E-state index contributed by atoms with van der Waals surface area (Å²) in [6.45, 7) is 4.09. The monoisotopic (exact) mass is 496 g/mol. The number of hydrogen-bond acceptors (Lipinski definition) is 5. The molecule has 1 atom stereocenters. The molecule has 188 valence electrons. The Labute approximate surface area is 209 Å². The molecule has 0 aromatic heterocycles. The van der Waals surface area contributed by atoms with Crippen molar-refractivity contribution in [3.8, 4) is 0 Å². The highest BCUT2D eigenvalue weighted by Crippen LogP contribution is 2.33. The van der Waals surface area contributed by atoms with E-state index in [2.05, 4.69) is 10.2 Å². The van der Waals surface area contributed by atoms with E-state index in [4.69, 9.17) is 0 Å². The maximum atomic E-state index is 13.8. The van der Waals surface area contributed by atoms with Gasteiger partial charge < -0.3 is 15.1 Å². The highest BCUT2D eigenvalue weighted by molar-refractivity contribution is 7.89. The molecular formula is C27H36N4O3S. The molecular weight excluding hydrogens is 460 g/mol. The second-order valence-corrected chi connectivity index (χ2v) is 11.8. The number of nitrogens with zero attached hydrogens (tertiary/aromatic N) is 3. The molecule has 3 saturated heterocycles. The fourth-order valence-corrected chi connectivity index (χ4v) is 7.26. The lowest BCUT2D eigenvalue weighted by molar-refractivity contribution is 0.0791. The van der Waals surface area contributed by atoms with Crippen molar-refractivity contribution in [1.82, 2.24) is 9.21 Å². The van der Waals surface area contributed by atoms with Crippen molar-refractivity contribution in [2.45, 2.75) is 55.9 Å². The molecule has 0 bridgehead atoms. The van der Waals surface area contributed by atoms with E-state index in [0.29, 0.717) is 36.6 Å². The molecule has 0 radical (unpaired) electrons. The molecule has 0 spiro atoms. The molecule has 1 unspecified atom stereocenters. The second kappa shape index (κ2) is 10.6. The first kappa shape index (κ1) is 24.1. The Balaban J connectivity index is 1.39. The zero-order valence-electron chi connectivity index (χ0n) is 20.4. The van der Waals surface area contributed by atoms with E-state index in [1.165, 1.54) is 6.42 Å². The minimum Gasteiger partial charge on any atom is -0.380 e. The summed E-state index contributed by atoms with van der Waals surface area (Å²) in [5.41, 5.74) is 2.26. The van der Waals surface area contributed by atoms with Gasteiger partial charge in [-0.1, -0.05) is 24.6 Å². The average Bonchev–Trinajstić information content (AvgIpc) is 3.38. The summed E-state index contributed by atoms with van der Waals surface area (Å²) in [6.07, 6.45) is 7.01. The van der Waals surface area contributed by atoms with Crippen molar-refractivity contribution in [2.75, 3.05) is 49.5 Å². The molecule has 35 heavy (non-hydrogen) atoms. The number of carbonyl (C=O) groups excluding carboxylic acids is 1. The predicted octanol–water partition coefficient (Wildman–Crippen LogP) is 4.18. The lowest BCUT2D eigenvalue weighted by Crippen LogP contribution is -2.38. The van der Waals surface area contributed by atoms with Crippen LogP contribution in [0.25, 0.3) is 0 Å². The molecule has 0 aliphatic carbocycles.